The van der Waals surface area contributed by atoms with Crippen molar-refractivity contribution in [2.45, 2.75) is 0 Å². The molecule has 0 amide bonds. The third kappa shape index (κ3) is 9.01. The monoisotopic (exact) mass is 646 g/mol. The summed E-state index contributed by atoms with van der Waals surface area (Å²) in [5, 5.41) is 0. The smallest absolute Gasteiger partial charge is 0.154 e. The van der Waals surface area contributed by atoms with Gasteiger partial charge in [-0.25, -0.2) is 0 Å². The van der Waals surface area contributed by atoms with Crippen molar-refractivity contribution < 1.29 is 23.7 Å². The maximum absolute atomic E-state index is 14.5. The number of Topliss-reactive ketones (excluding diaryl/α,β-unsaturated/α-hetero) is 1. The Morgan fingerprint density at radius 2 is 0.688 bits per heavy atom. The molecule has 9 nitrogen and oxygen atoms in total. The van der Waals surface area contributed by atoms with Crippen molar-refractivity contribution in [1.29, 1.82) is 0 Å². The zero-order valence-electron chi connectivity index (χ0n) is 27.6. The van der Waals surface area contributed by atoms with Crippen LogP contribution in [-0.2, 0) is 4.79 Å². The van der Waals surface area contributed by atoms with Crippen LogP contribution < -0.4 is 41.9 Å². The number of anilines is 4. The molecule has 0 aromatic heterocycles. The number of hydrogen-bond acceptors (Lipinski definition) is 9. The van der Waals surface area contributed by atoms with Gasteiger partial charge in [0.2, 0.25) is 0 Å². The Morgan fingerprint density at radius 1 is 0.458 bits per heavy atom. The molecule has 0 saturated heterocycles. The third-order valence-electron chi connectivity index (χ3n) is 7.67. The Kier molecular flexibility index (Phi) is 11.9. The lowest BCUT2D eigenvalue weighted by Crippen LogP contribution is -2.18. The van der Waals surface area contributed by atoms with E-state index in [4.69, 9.17) is 41.9 Å². The molecule has 9 heteroatoms. The molecule has 0 radical (unpaired) electrons. The average Bonchev–Trinajstić information content (AvgIpc) is 3.10. The van der Waals surface area contributed by atoms with Crippen LogP contribution in [0.15, 0.2) is 97.1 Å². The van der Waals surface area contributed by atoms with Crippen LogP contribution in [0.2, 0.25) is 0 Å². The molecular formula is C39H42N4O5. The topological polar surface area (TPSA) is 158 Å². The Morgan fingerprint density at radius 3 is 0.896 bits per heavy atom. The first-order valence-electron chi connectivity index (χ1n) is 15.2. The summed E-state index contributed by atoms with van der Waals surface area (Å²) in [6.45, 7) is 0. The molecule has 0 atom stereocenters. The van der Waals surface area contributed by atoms with Gasteiger partial charge in [0.15, 0.2) is 5.78 Å². The van der Waals surface area contributed by atoms with Crippen LogP contribution in [0.3, 0.4) is 0 Å². The molecule has 0 aliphatic carbocycles. The van der Waals surface area contributed by atoms with E-state index >= 15 is 0 Å². The molecular weight excluding hydrogens is 604 g/mol. The van der Waals surface area contributed by atoms with E-state index in [9.17, 15) is 4.79 Å². The van der Waals surface area contributed by atoms with Crippen LogP contribution in [-0.4, -0.2) is 34.2 Å². The fraction of sp³-hybridized carbons (Fsp3) is 0.154. The number of allylic oxidation sites excluding steroid dienone is 4. The first kappa shape index (κ1) is 34.8. The molecule has 4 aromatic rings. The fourth-order valence-electron chi connectivity index (χ4n) is 4.91. The first-order chi connectivity index (χ1) is 23.1. The van der Waals surface area contributed by atoms with Crippen molar-refractivity contribution in [1.82, 2.24) is 0 Å². The van der Waals surface area contributed by atoms with Gasteiger partial charge < -0.3 is 41.9 Å². The maximum Gasteiger partial charge on any atom is 0.154 e. The average molecular weight is 647 g/mol. The summed E-state index contributed by atoms with van der Waals surface area (Å²) in [7, 11) is 6.24. The Hall–Kier alpha value is -6.09. The van der Waals surface area contributed by atoms with E-state index < -0.39 is 11.8 Å². The fourth-order valence-corrected chi connectivity index (χ4v) is 4.91. The number of ketones is 1. The summed E-state index contributed by atoms with van der Waals surface area (Å²) in [5.41, 5.74) is 29.5. The van der Waals surface area contributed by atoms with Gasteiger partial charge in [0.05, 0.1) is 63.0 Å². The summed E-state index contributed by atoms with van der Waals surface area (Å²) >= 11 is 0. The molecule has 0 aliphatic rings. The number of nitrogens with two attached hydrogens (primary N) is 4. The van der Waals surface area contributed by atoms with Gasteiger partial charge in [-0.05, 0) is 70.8 Å². The minimum absolute atomic E-state index is 0.0790. The minimum Gasteiger partial charge on any atom is -0.495 e. The molecule has 4 rings (SSSR count). The van der Waals surface area contributed by atoms with Crippen LogP contribution in [0.4, 0.5) is 22.7 Å². The highest BCUT2D eigenvalue weighted by molar-refractivity contribution is 5.92. The van der Waals surface area contributed by atoms with E-state index in [2.05, 4.69) is 0 Å². The lowest BCUT2D eigenvalue weighted by Gasteiger charge is -2.14. The molecule has 0 heterocycles. The summed E-state index contributed by atoms with van der Waals surface area (Å²) < 4.78 is 21.6. The summed E-state index contributed by atoms with van der Waals surface area (Å²) in [4.78, 5) is 14.5. The second-order valence-electron chi connectivity index (χ2n) is 10.9. The van der Waals surface area contributed by atoms with E-state index in [-0.39, 0.29) is 5.78 Å². The highest BCUT2D eigenvalue weighted by atomic mass is 16.5. The van der Waals surface area contributed by atoms with Gasteiger partial charge >= 0.3 is 0 Å². The molecule has 0 aliphatic heterocycles. The van der Waals surface area contributed by atoms with Gasteiger partial charge in [-0.2, -0.15) is 0 Å². The zero-order valence-corrected chi connectivity index (χ0v) is 27.6. The van der Waals surface area contributed by atoms with Gasteiger partial charge in [-0.1, -0.05) is 72.9 Å². The van der Waals surface area contributed by atoms with Crippen molar-refractivity contribution in [3.05, 3.63) is 119 Å². The van der Waals surface area contributed by atoms with Crippen molar-refractivity contribution in [3.63, 3.8) is 0 Å². The molecule has 0 bridgehead atoms. The quantitative estimate of drug-likeness (QED) is 0.106. The number of ether oxygens (including phenoxy) is 4. The maximum atomic E-state index is 14.5. The molecule has 48 heavy (non-hydrogen) atoms. The largest absolute Gasteiger partial charge is 0.495 e. The second kappa shape index (κ2) is 16.5. The Labute approximate surface area is 281 Å². The molecule has 0 spiro atoms. The molecule has 0 unspecified atom stereocenters. The van der Waals surface area contributed by atoms with E-state index in [1.165, 1.54) is 0 Å². The van der Waals surface area contributed by atoms with Crippen molar-refractivity contribution in [3.8, 4) is 23.0 Å². The number of rotatable bonds is 14. The highest BCUT2D eigenvalue weighted by Gasteiger charge is 2.20. The first-order valence-corrected chi connectivity index (χ1v) is 15.2. The van der Waals surface area contributed by atoms with E-state index in [0.717, 1.165) is 22.3 Å². The number of methoxy groups -OCH3 is 4. The van der Waals surface area contributed by atoms with Crippen LogP contribution >= 0.6 is 0 Å². The number of nitrogen functional groups attached to an aromatic ring is 4. The molecule has 4 aromatic carbocycles. The Bertz CT molecular complexity index is 1600. The normalized spacial score (nSPS) is 12.9. The summed E-state index contributed by atoms with van der Waals surface area (Å²) in [5.74, 6) is 0.829. The van der Waals surface area contributed by atoms with Gasteiger partial charge in [-0.15, -0.1) is 0 Å². The van der Waals surface area contributed by atoms with Gasteiger partial charge in [0.25, 0.3) is 0 Å². The zero-order chi connectivity index (χ0) is 34.6. The number of hydrogen-bond donors (Lipinski definition) is 4. The summed E-state index contributed by atoms with van der Waals surface area (Å²) in [6, 6.07) is 21.8. The molecule has 0 fully saturated rings. The van der Waals surface area contributed by atoms with Crippen molar-refractivity contribution >= 4 is 52.8 Å². The molecule has 248 valence electrons. The van der Waals surface area contributed by atoms with Crippen LogP contribution in [0.25, 0.3) is 24.3 Å². The predicted octanol–water partition coefficient (Wildman–Crippen LogP) is 7.00. The number of carbonyl (C=O) groups is 1. The standard InChI is InChI=1S/C39H42N4O5/c1-45-35-21-25(9-17-31(35)40)5-13-29(14-6-26-10-18-32(41)36(22-26)46-2)39(44)30(15-7-27-11-19-33(42)37(23-27)47-3)16-8-28-12-20-34(43)38(24-28)48-4/h5-24,29-30H,40-43H2,1-4H3. The Balaban J connectivity index is 1.77. The third-order valence-corrected chi connectivity index (χ3v) is 7.67. The van der Waals surface area contributed by atoms with E-state index in [1.807, 2.05) is 97.1 Å². The van der Waals surface area contributed by atoms with E-state index in [0.29, 0.717) is 45.7 Å². The number of carbonyl (C=O) groups excluding carboxylic acids is 1. The van der Waals surface area contributed by atoms with E-state index in [1.54, 1.807) is 52.7 Å². The lowest BCUT2D eigenvalue weighted by atomic mass is 9.89. The lowest BCUT2D eigenvalue weighted by molar-refractivity contribution is -0.121. The van der Waals surface area contributed by atoms with Crippen LogP contribution in [0.5, 0.6) is 23.0 Å². The van der Waals surface area contributed by atoms with Crippen molar-refractivity contribution in [2.75, 3.05) is 51.4 Å². The van der Waals surface area contributed by atoms with Gasteiger partial charge in [0, 0.05) is 0 Å². The van der Waals surface area contributed by atoms with Crippen LogP contribution in [0.1, 0.15) is 22.3 Å². The molecule has 0 saturated carbocycles. The van der Waals surface area contributed by atoms with Gasteiger partial charge in [0.1, 0.15) is 23.0 Å². The molecule has 8 N–H and O–H groups in total. The number of benzene rings is 4. The second-order valence-corrected chi connectivity index (χ2v) is 10.9. The SMILES string of the molecule is COc1cc(C=CC(C=Cc2ccc(N)c(OC)c2)C(=O)C(C=Cc2ccc(N)c(OC)c2)C=Cc2ccc(N)c(OC)c2)ccc1N. The highest BCUT2D eigenvalue weighted by Crippen LogP contribution is 2.28. The van der Waals surface area contributed by atoms with Gasteiger partial charge in [-0.3, -0.25) is 4.79 Å². The summed E-state index contributed by atoms with van der Waals surface area (Å²) in [6.07, 6.45) is 14.9. The predicted molar refractivity (Wildman–Crippen MR) is 198 cm³/mol. The van der Waals surface area contributed by atoms with Crippen LogP contribution in [0, 0.1) is 11.8 Å². The minimum atomic E-state index is -0.640. The van der Waals surface area contributed by atoms with Crippen molar-refractivity contribution in [2.24, 2.45) is 11.8 Å².